The van der Waals surface area contributed by atoms with Crippen LogP contribution in [0.3, 0.4) is 0 Å². The number of nitrogens with zero attached hydrogens (tertiary/aromatic N) is 1. The number of benzene rings is 1. The topological polar surface area (TPSA) is 51.2 Å². The van der Waals surface area contributed by atoms with Gasteiger partial charge in [0, 0.05) is 10.4 Å². The zero-order valence-electron chi connectivity index (χ0n) is 12.9. The van der Waals surface area contributed by atoms with Gasteiger partial charge < -0.3 is 4.74 Å². The van der Waals surface area contributed by atoms with Gasteiger partial charge in [0.05, 0.1) is 12.3 Å². The van der Waals surface area contributed by atoms with Gasteiger partial charge in [0.2, 0.25) is 0 Å². The Kier molecular flexibility index (Phi) is 4.43. The van der Waals surface area contributed by atoms with Crippen LogP contribution in [0.4, 0.5) is 5.13 Å². The minimum atomic E-state index is -0.138. The van der Waals surface area contributed by atoms with Crippen LogP contribution in [0.2, 0.25) is 0 Å². The fourth-order valence-corrected chi connectivity index (χ4v) is 3.82. The largest absolute Gasteiger partial charge is 0.494 e. The fraction of sp³-hybridized carbons (Fsp3) is 0.412. The average molecular weight is 316 g/mol. The molecule has 1 aromatic heterocycles. The van der Waals surface area contributed by atoms with Crippen molar-refractivity contribution in [2.75, 3.05) is 11.9 Å². The molecule has 116 valence electrons. The maximum atomic E-state index is 12.3. The number of rotatable bonds is 4. The van der Waals surface area contributed by atoms with Gasteiger partial charge in [0.1, 0.15) is 5.75 Å². The number of aryl methyl sites for hydroxylation is 1. The summed E-state index contributed by atoms with van der Waals surface area (Å²) in [5.41, 5.74) is 1.74. The molecule has 1 N–H and O–H groups in total. The standard InChI is InChI=1S/C17H20N2O2S/c1-3-21-13-6-4-5-12(10-13)16(20)19-17-18-14-8-7-11(2)9-15(14)22-17/h4-6,10-11H,3,7-9H2,1-2H3,(H,18,19,20). The summed E-state index contributed by atoms with van der Waals surface area (Å²) in [6, 6.07) is 7.22. The number of hydrogen-bond donors (Lipinski definition) is 1. The number of ether oxygens (including phenoxy) is 1. The van der Waals surface area contributed by atoms with Crippen molar-refractivity contribution in [1.82, 2.24) is 4.98 Å². The predicted octanol–water partition coefficient (Wildman–Crippen LogP) is 3.92. The molecule has 0 saturated heterocycles. The smallest absolute Gasteiger partial charge is 0.257 e. The van der Waals surface area contributed by atoms with E-state index in [2.05, 4.69) is 17.2 Å². The van der Waals surface area contributed by atoms with E-state index in [-0.39, 0.29) is 5.91 Å². The number of aromatic nitrogens is 1. The molecule has 0 aliphatic heterocycles. The van der Waals surface area contributed by atoms with E-state index in [0.29, 0.717) is 29.0 Å². The van der Waals surface area contributed by atoms with Crippen molar-refractivity contribution in [3.8, 4) is 5.75 Å². The van der Waals surface area contributed by atoms with Crippen molar-refractivity contribution < 1.29 is 9.53 Å². The summed E-state index contributed by atoms with van der Waals surface area (Å²) in [6.45, 7) is 4.77. The molecule has 0 radical (unpaired) electrons. The first-order valence-corrected chi connectivity index (χ1v) is 8.50. The highest BCUT2D eigenvalue weighted by atomic mass is 32.1. The fourth-order valence-electron chi connectivity index (χ4n) is 2.66. The van der Waals surface area contributed by atoms with Crippen molar-refractivity contribution in [2.24, 2.45) is 5.92 Å². The van der Waals surface area contributed by atoms with Crippen molar-refractivity contribution >= 4 is 22.4 Å². The van der Waals surface area contributed by atoms with E-state index in [1.54, 1.807) is 23.5 Å². The minimum Gasteiger partial charge on any atom is -0.494 e. The number of carbonyl (C=O) groups excluding carboxylic acids is 1. The van der Waals surface area contributed by atoms with Crippen molar-refractivity contribution in [1.29, 1.82) is 0 Å². The third-order valence-electron chi connectivity index (χ3n) is 3.81. The molecule has 4 nitrogen and oxygen atoms in total. The molecule has 1 amide bonds. The summed E-state index contributed by atoms with van der Waals surface area (Å²) in [6.07, 6.45) is 3.27. The van der Waals surface area contributed by atoms with Crippen LogP contribution in [0.15, 0.2) is 24.3 Å². The number of amides is 1. The molecule has 0 saturated carbocycles. The third-order valence-corrected chi connectivity index (χ3v) is 4.85. The molecule has 1 unspecified atom stereocenters. The van der Waals surface area contributed by atoms with E-state index in [1.807, 2.05) is 19.1 Å². The summed E-state index contributed by atoms with van der Waals surface area (Å²) < 4.78 is 5.43. The van der Waals surface area contributed by atoms with Crippen LogP contribution >= 0.6 is 11.3 Å². The van der Waals surface area contributed by atoms with Crippen LogP contribution in [0.25, 0.3) is 0 Å². The lowest BCUT2D eigenvalue weighted by atomic mass is 9.93. The summed E-state index contributed by atoms with van der Waals surface area (Å²) in [5, 5.41) is 3.61. The zero-order valence-corrected chi connectivity index (χ0v) is 13.7. The van der Waals surface area contributed by atoms with Crippen molar-refractivity contribution in [2.45, 2.75) is 33.1 Å². The Hall–Kier alpha value is -1.88. The first kappa shape index (κ1) is 15.0. The molecule has 1 aromatic carbocycles. The van der Waals surface area contributed by atoms with Gasteiger partial charge in [0.25, 0.3) is 5.91 Å². The molecule has 0 bridgehead atoms. The van der Waals surface area contributed by atoms with Gasteiger partial charge in [-0.05, 0) is 50.3 Å². The minimum absolute atomic E-state index is 0.138. The van der Waals surface area contributed by atoms with Crippen molar-refractivity contribution in [3.63, 3.8) is 0 Å². The highest BCUT2D eigenvalue weighted by molar-refractivity contribution is 7.15. The summed E-state index contributed by atoms with van der Waals surface area (Å²) in [5.74, 6) is 1.28. The number of thiazole rings is 1. The maximum absolute atomic E-state index is 12.3. The molecule has 1 atom stereocenters. The maximum Gasteiger partial charge on any atom is 0.257 e. The van der Waals surface area contributed by atoms with E-state index in [4.69, 9.17) is 4.74 Å². The quantitative estimate of drug-likeness (QED) is 0.930. The van der Waals surface area contributed by atoms with Crippen molar-refractivity contribution in [3.05, 3.63) is 40.4 Å². The second-order valence-electron chi connectivity index (χ2n) is 5.65. The van der Waals surface area contributed by atoms with Crippen LogP contribution in [0, 0.1) is 5.92 Å². The Morgan fingerprint density at radius 3 is 3.18 bits per heavy atom. The van der Waals surface area contributed by atoms with Gasteiger partial charge >= 0.3 is 0 Å². The van der Waals surface area contributed by atoms with Crippen LogP contribution in [0.1, 0.15) is 41.2 Å². The number of nitrogens with one attached hydrogen (secondary N) is 1. The lowest BCUT2D eigenvalue weighted by Crippen LogP contribution is -2.12. The second kappa shape index (κ2) is 6.48. The number of anilines is 1. The van der Waals surface area contributed by atoms with Crippen LogP contribution in [-0.4, -0.2) is 17.5 Å². The van der Waals surface area contributed by atoms with E-state index < -0.39 is 0 Å². The molecule has 0 spiro atoms. The molecular formula is C17H20N2O2S. The summed E-state index contributed by atoms with van der Waals surface area (Å²) in [7, 11) is 0. The van der Waals surface area contributed by atoms with Gasteiger partial charge in [-0.1, -0.05) is 13.0 Å². The Labute approximate surface area is 134 Å². The SMILES string of the molecule is CCOc1cccc(C(=O)Nc2nc3c(s2)CC(C)CC3)c1. The average Bonchev–Trinajstić information content (AvgIpc) is 2.89. The summed E-state index contributed by atoms with van der Waals surface area (Å²) in [4.78, 5) is 18.2. The van der Waals surface area contributed by atoms with E-state index >= 15 is 0 Å². The molecular weight excluding hydrogens is 296 g/mol. The molecule has 22 heavy (non-hydrogen) atoms. The van der Waals surface area contributed by atoms with Crippen LogP contribution in [-0.2, 0) is 12.8 Å². The Balaban J connectivity index is 1.73. The molecule has 0 fully saturated rings. The number of carbonyl (C=O) groups is 1. The highest BCUT2D eigenvalue weighted by Gasteiger charge is 2.20. The number of fused-ring (bicyclic) bond motifs is 1. The van der Waals surface area contributed by atoms with Gasteiger partial charge in [-0.2, -0.15) is 0 Å². The third kappa shape index (κ3) is 3.30. The summed E-state index contributed by atoms with van der Waals surface area (Å²) >= 11 is 1.60. The first-order valence-electron chi connectivity index (χ1n) is 7.68. The van der Waals surface area contributed by atoms with Gasteiger partial charge in [-0.15, -0.1) is 11.3 Å². The highest BCUT2D eigenvalue weighted by Crippen LogP contribution is 2.32. The monoisotopic (exact) mass is 316 g/mol. The Morgan fingerprint density at radius 2 is 2.36 bits per heavy atom. The van der Waals surface area contributed by atoms with E-state index in [1.165, 1.54) is 11.3 Å². The van der Waals surface area contributed by atoms with Gasteiger partial charge in [-0.3, -0.25) is 10.1 Å². The van der Waals surface area contributed by atoms with Crippen LogP contribution < -0.4 is 10.1 Å². The predicted molar refractivity (Wildman–Crippen MR) is 88.9 cm³/mol. The van der Waals surface area contributed by atoms with E-state index in [0.717, 1.165) is 18.5 Å². The molecule has 1 heterocycles. The molecule has 1 aliphatic carbocycles. The lowest BCUT2D eigenvalue weighted by molar-refractivity contribution is 0.102. The molecule has 2 aromatic rings. The first-order chi connectivity index (χ1) is 10.7. The van der Waals surface area contributed by atoms with E-state index in [9.17, 15) is 4.79 Å². The molecule has 3 rings (SSSR count). The Bertz CT molecular complexity index is 681. The van der Waals surface area contributed by atoms with Crippen LogP contribution in [0.5, 0.6) is 5.75 Å². The lowest BCUT2D eigenvalue weighted by Gasteiger charge is -2.15. The van der Waals surface area contributed by atoms with Gasteiger partial charge in [-0.25, -0.2) is 4.98 Å². The zero-order chi connectivity index (χ0) is 15.5. The molecule has 5 heteroatoms. The van der Waals surface area contributed by atoms with Gasteiger partial charge in [0.15, 0.2) is 5.13 Å². The second-order valence-corrected chi connectivity index (χ2v) is 6.74. The Morgan fingerprint density at radius 1 is 1.50 bits per heavy atom. The number of hydrogen-bond acceptors (Lipinski definition) is 4. The molecule has 1 aliphatic rings. The normalized spacial score (nSPS) is 16.9.